The highest BCUT2D eigenvalue weighted by molar-refractivity contribution is 9.09. The maximum atomic E-state index is 8.89. The van der Waals surface area contributed by atoms with Crippen molar-refractivity contribution in [2.75, 3.05) is 0 Å². The van der Waals surface area contributed by atoms with Gasteiger partial charge in [0.25, 0.3) is 0 Å². The number of hydrogen-bond acceptors (Lipinski definition) is 2. The van der Waals surface area contributed by atoms with Crippen LogP contribution in [0.25, 0.3) is 0 Å². The Morgan fingerprint density at radius 1 is 1.15 bits per heavy atom. The summed E-state index contributed by atoms with van der Waals surface area (Å²) in [5.74, 6) is 0. The van der Waals surface area contributed by atoms with Gasteiger partial charge in [-0.2, -0.15) is 5.26 Å². The Balaban J connectivity index is 1.80. The van der Waals surface area contributed by atoms with E-state index in [4.69, 9.17) is 10.00 Å². The maximum Gasteiger partial charge on any atom is 0.0991 e. The maximum absolute atomic E-state index is 8.89. The normalized spacial score (nSPS) is 29.0. The zero-order valence-electron chi connectivity index (χ0n) is 11.6. The average molecular weight is 334 g/mol. The van der Waals surface area contributed by atoms with Crippen LogP contribution >= 0.6 is 15.9 Å². The van der Waals surface area contributed by atoms with Crippen LogP contribution in [-0.2, 0) is 4.74 Å². The van der Waals surface area contributed by atoms with Gasteiger partial charge in [-0.1, -0.05) is 47.3 Å². The summed E-state index contributed by atoms with van der Waals surface area (Å²) in [4.78, 5) is 0.537. The molecular weight excluding hydrogens is 314 g/mol. The highest BCUT2D eigenvalue weighted by atomic mass is 79.9. The Hall–Kier alpha value is -0.850. The first-order valence-electron chi connectivity index (χ1n) is 7.53. The van der Waals surface area contributed by atoms with E-state index in [1.807, 2.05) is 24.3 Å². The molecule has 0 N–H and O–H groups in total. The zero-order chi connectivity index (χ0) is 14.0. The lowest BCUT2D eigenvalue weighted by atomic mass is 9.78. The average Bonchev–Trinajstić information content (AvgIpc) is 2.47. The van der Waals surface area contributed by atoms with Crippen molar-refractivity contribution in [2.24, 2.45) is 0 Å². The molecule has 2 nitrogen and oxygen atoms in total. The number of alkyl halides is 1. The Morgan fingerprint density at radius 2 is 1.85 bits per heavy atom. The van der Waals surface area contributed by atoms with Crippen LogP contribution in [0.4, 0.5) is 0 Å². The molecule has 1 spiro atoms. The molecule has 1 aliphatic carbocycles. The molecule has 2 aliphatic rings. The van der Waals surface area contributed by atoms with Gasteiger partial charge in [0, 0.05) is 4.83 Å². The van der Waals surface area contributed by atoms with E-state index in [0.717, 1.165) is 12.8 Å². The van der Waals surface area contributed by atoms with Crippen molar-refractivity contribution in [1.29, 1.82) is 5.26 Å². The van der Waals surface area contributed by atoms with Gasteiger partial charge in [0.2, 0.25) is 0 Å². The minimum Gasteiger partial charge on any atom is -0.367 e. The summed E-state index contributed by atoms with van der Waals surface area (Å²) >= 11 is 3.83. The van der Waals surface area contributed by atoms with Crippen LogP contribution in [0.1, 0.15) is 62.2 Å². The molecule has 106 valence electrons. The third kappa shape index (κ3) is 2.92. The summed E-state index contributed by atoms with van der Waals surface area (Å²) in [7, 11) is 0. The second kappa shape index (κ2) is 5.87. The summed E-state index contributed by atoms with van der Waals surface area (Å²) in [5.41, 5.74) is 2.01. The van der Waals surface area contributed by atoms with Crippen molar-refractivity contribution < 1.29 is 4.74 Å². The fraction of sp³-hybridized carbons (Fsp3) is 0.588. The minimum atomic E-state index is 0.0865. The highest BCUT2D eigenvalue weighted by Crippen LogP contribution is 2.46. The number of ether oxygens (including phenoxy) is 1. The van der Waals surface area contributed by atoms with E-state index in [0.29, 0.717) is 10.4 Å². The predicted molar refractivity (Wildman–Crippen MR) is 82.7 cm³/mol. The molecule has 1 heterocycles. The summed E-state index contributed by atoms with van der Waals surface area (Å²) in [5, 5.41) is 8.89. The molecule has 1 saturated heterocycles. The predicted octanol–water partition coefficient (Wildman–Crippen LogP) is 4.88. The number of nitriles is 1. The van der Waals surface area contributed by atoms with Gasteiger partial charge in [0.05, 0.1) is 23.3 Å². The van der Waals surface area contributed by atoms with E-state index >= 15 is 0 Å². The number of nitrogens with zero attached hydrogens (tertiary/aromatic N) is 1. The molecule has 1 aliphatic heterocycles. The molecule has 0 unspecified atom stereocenters. The SMILES string of the molecule is N#Cc1ccc([C@@H]2C[C@H](Br)CC3(CCCCC3)O2)cc1. The van der Waals surface area contributed by atoms with Crippen LogP contribution in [0.3, 0.4) is 0 Å². The number of rotatable bonds is 1. The van der Waals surface area contributed by atoms with E-state index < -0.39 is 0 Å². The zero-order valence-corrected chi connectivity index (χ0v) is 13.2. The fourth-order valence-electron chi connectivity index (χ4n) is 3.61. The minimum absolute atomic E-state index is 0.0865. The fourth-order valence-corrected chi connectivity index (χ4v) is 4.54. The molecular formula is C17H20BrNO. The standard InChI is InChI=1S/C17H20BrNO/c18-15-10-16(14-6-4-13(12-19)5-7-14)20-17(11-15)8-2-1-3-9-17/h4-7,15-16H,1-3,8-11H2/t15-,16-/m0/s1. The molecule has 0 aromatic heterocycles. The van der Waals surface area contributed by atoms with Crippen LogP contribution in [0.5, 0.6) is 0 Å². The van der Waals surface area contributed by atoms with E-state index in [1.165, 1.54) is 37.7 Å². The van der Waals surface area contributed by atoms with Crippen molar-refractivity contribution in [2.45, 2.75) is 61.5 Å². The summed E-state index contributed by atoms with van der Waals surface area (Å²) < 4.78 is 6.53. The molecule has 3 rings (SSSR count). The Morgan fingerprint density at radius 3 is 2.50 bits per heavy atom. The number of benzene rings is 1. The van der Waals surface area contributed by atoms with E-state index in [9.17, 15) is 0 Å². The van der Waals surface area contributed by atoms with E-state index in [2.05, 4.69) is 22.0 Å². The molecule has 0 radical (unpaired) electrons. The largest absolute Gasteiger partial charge is 0.367 e. The first kappa shape index (κ1) is 14.1. The van der Waals surface area contributed by atoms with Crippen molar-refractivity contribution >= 4 is 15.9 Å². The monoisotopic (exact) mass is 333 g/mol. The molecule has 0 bridgehead atoms. The molecule has 3 heteroatoms. The smallest absolute Gasteiger partial charge is 0.0991 e. The first-order chi connectivity index (χ1) is 9.71. The van der Waals surface area contributed by atoms with Gasteiger partial charge >= 0.3 is 0 Å². The second-order valence-corrected chi connectivity index (χ2v) is 7.42. The molecule has 2 atom stereocenters. The Kier molecular flexibility index (Phi) is 4.14. The van der Waals surface area contributed by atoms with Gasteiger partial charge < -0.3 is 4.74 Å². The van der Waals surface area contributed by atoms with Crippen LogP contribution in [-0.4, -0.2) is 10.4 Å². The first-order valence-corrected chi connectivity index (χ1v) is 8.44. The van der Waals surface area contributed by atoms with Gasteiger partial charge in [0.15, 0.2) is 0 Å². The summed E-state index contributed by atoms with van der Waals surface area (Å²) in [6.45, 7) is 0. The summed E-state index contributed by atoms with van der Waals surface area (Å²) in [6, 6.07) is 10.1. The lowest BCUT2D eigenvalue weighted by Gasteiger charge is -2.46. The molecule has 1 aromatic carbocycles. The second-order valence-electron chi connectivity index (χ2n) is 6.12. The quantitative estimate of drug-likeness (QED) is 0.686. The number of hydrogen-bond donors (Lipinski definition) is 0. The molecule has 1 aromatic rings. The van der Waals surface area contributed by atoms with Gasteiger partial charge in [-0.05, 0) is 43.4 Å². The number of halogens is 1. The highest BCUT2D eigenvalue weighted by Gasteiger charge is 2.41. The van der Waals surface area contributed by atoms with Crippen molar-refractivity contribution in [3.63, 3.8) is 0 Å². The van der Waals surface area contributed by atoms with E-state index in [-0.39, 0.29) is 11.7 Å². The molecule has 0 amide bonds. The Labute approximate surface area is 129 Å². The van der Waals surface area contributed by atoms with Crippen molar-refractivity contribution in [1.82, 2.24) is 0 Å². The van der Waals surface area contributed by atoms with Gasteiger partial charge in [-0.25, -0.2) is 0 Å². The van der Waals surface area contributed by atoms with Gasteiger partial charge in [-0.15, -0.1) is 0 Å². The van der Waals surface area contributed by atoms with Crippen molar-refractivity contribution in [3.8, 4) is 6.07 Å². The van der Waals surface area contributed by atoms with Crippen LogP contribution in [0, 0.1) is 11.3 Å². The summed E-state index contributed by atoms with van der Waals surface area (Å²) in [6.07, 6.45) is 8.65. The van der Waals surface area contributed by atoms with Gasteiger partial charge in [0.1, 0.15) is 0 Å². The third-order valence-corrected chi connectivity index (χ3v) is 5.33. The Bertz CT molecular complexity index is 499. The van der Waals surface area contributed by atoms with Gasteiger partial charge in [-0.3, -0.25) is 0 Å². The third-order valence-electron chi connectivity index (χ3n) is 4.63. The lowest BCUT2D eigenvalue weighted by molar-refractivity contribution is -0.145. The van der Waals surface area contributed by atoms with Crippen molar-refractivity contribution in [3.05, 3.63) is 35.4 Å². The van der Waals surface area contributed by atoms with Crippen LogP contribution in [0.15, 0.2) is 24.3 Å². The van der Waals surface area contributed by atoms with E-state index in [1.54, 1.807) is 0 Å². The molecule has 2 fully saturated rings. The topological polar surface area (TPSA) is 33.0 Å². The molecule has 20 heavy (non-hydrogen) atoms. The van der Waals surface area contributed by atoms with Crippen LogP contribution in [0.2, 0.25) is 0 Å². The van der Waals surface area contributed by atoms with Crippen LogP contribution < -0.4 is 0 Å². The lowest BCUT2D eigenvalue weighted by Crippen LogP contribution is -2.43. The molecule has 1 saturated carbocycles.